The van der Waals surface area contributed by atoms with Gasteiger partial charge in [0.25, 0.3) is 11.8 Å². The average Bonchev–Trinajstić information content (AvgIpc) is 2.82. The molecule has 0 aliphatic carbocycles. The van der Waals surface area contributed by atoms with E-state index in [9.17, 15) is 9.59 Å². The molecule has 1 saturated heterocycles. The van der Waals surface area contributed by atoms with Gasteiger partial charge in [-0.05, 0) is 49.1 Å². The van der Waals surface area contributed by atoms with Gasteiger partial charge in [-0.25, -0.2) is 5.43 Å². The Hall–Kier alpha value is -2.55. The molecule has 2 N–H and O–H groups in total. The molecule has 0 bridgehead atoms. The first-order valence-electron chi connectivity index (χ1n) is 10.9. The number of hydrogen-bond donors (Lipinski definition) is 2. The summed E-state index contributed by atoms with van der Waals surface area (Å²) in [6, 6.07) is 16.6. The summed E-state index contributed by atoms with van der Waals surface area (Å²) in [6.45, 7) is 3.26. The van der Waals surface area contributed by atoms with Crippen LogP contribution in [0.4, 0.5) is 0 Å². The number of benzene rings is 2. The van der Waals surface area contributed by atoms with Crippen molar-refractivity contribution in [3.8, 4) is 0 Å². The van der Waals surface area contributed by atoms with Crippen LogP contribution in [0.5, 0.6) is 0 Å². The number of carbonyl (C=O) groups is 2. The molecular formula is C24H29BrN4O3. The van der Waals surface area contributed by atoms with Crippen LogP contribution in [0.2, 0.25) is 0 Å². The lowest BCUT2D eigenvalue weighted by Gasteiger charge is -2.33. The van der Waals surface area contributed by atoms with Gasteiger partial charge in [-0.15, -0.1) is 0 Å². The largest absolute Gasteiger partial charge is 0.379 e. The Balaban J connectivity index is 1.47. The van der Waals surface area contributed by atoms with Gasteiger partial charge in [0, 0.05) is 29.7 Å². The molecule has 2 amide bonds. The van der Waals surface area contributed by atoms with Crippen molar-refractivity contribution in [2.45, 2.75) is 25.3 Å². The number of nitrogens with zero attached hydrogens (tertiary/aromatic N) is 2. The van der Waals surface area contributed by atoms with E-state index in [1.807, 2.05) is 42.5 Å². The molecule has 2 aromatic carbocycles. The normalized spacial score (nSPS) is 15.4. The first-order valence-corrected chi connectivity index (χ1v) is 11.7. The second-order valence-corrected chi connectivity index (χ2v) is 8.49. The highest BCUT2D eigenvalue weighted by atomic mass is 79.9. The molecule has 1 aliphatic heterocycles. The average molecular weight is 501 g/mol. The van der Waals surface area contributed by atoms with Gasteiger partial charge in [0.15, 0.2) is 0 Å². The zero-order valence-electron chi connectivity index (χ0n) is 18.0. The minimum atomic E-state index is -0.275. The monoisotopic (exact) mass is 500 g/mol. The van der Waals surface area contributed by atoms with Crippen molar-refractivity contribution in [2.75, 3.05) is 32.8 Å². The summed E-state index contributed by atoms with van der Waals surface area (Å²) in [5.41, 5.74) is 4.25. The van der Waals surface area contributed by atoms with Crippen molar-refractivity contribution in [3.63, 3.8) is 0 Å². The van der Waals surface area contributed by atoms with Gasteiger partial charge in [0.1, 0.15) is 0 Å². The van der Waals surface area contributed by atoms with Crippen LogP contribution in [0.3, 0.4) is 0 Å². The summed E-state index contributed by atoms with van der Waals surface area (Å²) in [6.07, 6.45) is 3.95. The molecule has 3 rings (SSSR count). The predicted octanol–water partition coefficient (Wildman–Crippen LogP) is 3.20. The molecule has 1 fully saturated rings. The fourth-order valence-corrected chi connectivity index (χ4v) is 3.97. The number of nitrogens with one attached hydrogen (secondary N) is 2. The minimum Gasteiger partial charge on any atom is -0.379 e. The third-order valence-corrected chi connectivity index (χ3v) is 5.75. The van der Waals surface area contributed by atoms with Crippen molar-refractivity contribution in [2.24, 2.45) is 5.10 Å². The smallest absolute Gasteiger partial charge is 0.257 e. The Kier molecular flexibility index (Phi) is 9.87. The maximum atomic E-state index is 12.9. The number of rotatable bonds is 10. The fraction of sp³-hybridized carbons (Fsp3) is 0.375. The van der Waals surface area contributed by atoms with E-state index in [1.165, 1.54) is 0 Å². The molecule has 0 spiro atoms. The van der Waals surface area contributed by atoms with Gasteiger partial charge in [-0.3, -0.25) is 14.5 Å². The second kappa shape index (κ2) is 13.1. The number of ether oxygens (including phenoxy) is 1. The Morgan fingerprint density at radius 3 is 2.62 bits per heavy atom. The molecule has 8 heteroatoms. The van der Waals surface area contributed by atoms with E-state index in [-0.39, 0.29) is 17.9 Å². The van der Waals surface area contributed by atoms with E-state index in [0.29, 0.717) is 31.7 Å². The van der Waals surface area contributed by atoms with E-state index in [0.717, 1.165) is 36.0 Å². The van der Waals surface area contributed by atoms with Crippen molar-refractivity contribution in [3.05, 3.63) is 70.2 Å². The third-order valence-electron chi connectivity index (χ3n) is 5.25. The second-order valence-electron chi connectivity index (χ2n) is 7.57. The lowest BCUT2D eigenvalue weighted by molar-refractivity contribution is -0.128. The van der Waals surface area contributed by atoms with E-state index >= 15 is 0 Å². The van der Waals surface area contributed by atoms with Crippen LogP contribution >= 0.6 is 15.9 Å². The Morgan fingerprint density at radius 2 is 1.88 bits per heavy atom. The van der Waals surface area contributed by atoms with E-state index in [2.05, 4.69) is 36.7 Å². The minimum absolute atomic E-state index is 0.0741. The van der Waals surface area contributed by atoms with Crippen molar-refractivity contribution >= 4 is 34.0 Å². The first-order chi connectivity index (χ1) is 15.6. The summed E-state index contributed by atoms with van der Waals surface area (Å²) in [5, 5.41) is 7.08. The highest BCUT2D eigenvalue weighted by Gasteiger charge is 2.26. The number of hydrazone groups is 1. The molecule has 0 saturated carbocycles. The zero-order valence-corrected chi connectivity index (χ0v) is 19.6. The third kappa shape index (κ3) is 7.85. The maximum absolute atomic E-state index is 12.9. The van der Waals surface area contributed by atoms with Gasteiger partial charge in [0.2, 0.25) is 0 Å². The standard InChI is InChI=1S/C24H29BrN4O3/c25-21-10-6-7-19(17-21)18-27-28-24(31)22(29-13-15-32-16-14-29)11-4-5-12-26-23(30)20-8-2-1-3-9-20/h1-3,6-10,17-18,22H,4-5,11-16H2,(H,26,30)(H,28,31)/b27-18+. The molecule has 32 heavy (non-hydrogen) atoms. The predicted molar refractivity (Wildman–Crippen MR) is 129 cm³/mol. The van der Waals surface area contributed by atoms with Crippen LogP contribution in [-0.2, 0) is 9.53 Å². The number of halogens is 1. The Morgan fingerprint density at radius 1 is 1.09 bits per heavy atom. The van der Waals surface area contributed by atoms with Crippen LogP contribution in [0.15, 0.2) is 64.2 Å². The quantitative estimate of drug-likeness (QED) is 0.298. The zero-order chi connectivity index (χ0) is 22.6. The molecule has 1 aliphatic rings. The van der Waals surface area contributed by atoms with E-state index in [1.54, 1.807) is 18.3 Å². The summed E-state index contributed by atoms with van der Waals surface area (Å²) in [7, 11) is 0. The van der Waals surface area contributed by atoms with Crippen LogP contribution < -0.4 is 10.7 Å². The summed E-state index contributed by atoms with van der Waals surface area (Å²) >= 11 is 3.43. The molecule has 7 nitrogen and oxygen atoms in total. The van der Waals surface area contributed by atoms with Crippen LogP contribution in [0.1, 0.15) is 35.2 Å². The molecular weight excluding hydrogens is 472 g/mol. The summed E-state index contributed by atoms with van der Waals surface area (Å²) in [4.78, 5) is 27.2. The summed E-state index contributed by atoms with van der Waals surface area (Å²) < 4.78 is 6.39. The molecule has 0 aromatic heterocycles. The fourth-order valence-electron chi connectivity index (χ4n) is 3.56. The van der Waals surface area contributed by atoms with Gasteiger partial charge >= 0.3 is 0 Å². The molecule has 170 valence electrons. The van der Waals surface area contributed by atoms with Crippen molar-refractivity contribution < 1.29 is 14.3 Å². The lowest BCUT2D eigenvalue weighted by Crippen LogP contribution is -2.50. The highest BCUT2D eigenvalue weighted by molar-refractivity contribution is 9.10. The number of hydrogen-bond acceptors (Lipinski definition) is 5. The molecule has 0 radical (unpaired) electrons. The molecule has 1 heterocycles. The maximum Gasteiger partial charge on any atom is 0.257 e. The van der Waals surface area contributed by atoms with Crippen LogP contribution in [0, 0.1) is 0 Å². The van der Waals surface area contributed by atoms with E-state index < -0.39 is 0 Å². The highest BCUT2D eigenvalue weighted by Crippen LogP contribution is 2.13. The number of unbranched alkanes of at least 4 members (excludes halogenated alkanes) is 1. The van der Waals surface area contributed by atoms with Crippen molar-refractivity contribution in [1.82, 2.24) is 15.6 Å². The number of amides is 2. The van der Waals surface area contributed by atoms with Crippen LogP contribution in [0.25, 0.3) is 0 Å². The van der Waals surface area contributed by atoms with Gasteiger partial charge in [0.05, 0.1) is 25.5 Å². The van der Waals surface area contributed by atoms with Gasteiger partial charge < -0.3 is 10.1 Å². The van der Waals surface area contributed by atoms with E-state index in [4.69, 9.17) is 4.74 Å². The van der Waals surface area contributed by atoms with Gasteiger partial charge in [-0.1, -0.05) is 46.3 Å². The number of carbonyl (C=O) groups excluding carboxylic acids is 2. The SMILES string of the molecule is O=C(NCCCCC(C(=O)N/N=C/c1cccc(Br)c1)N1CCOCC1)c1ccccc1. The molecule has 1 atom stereocenters. The van der Waals surface area contributed by atoms with Crippen LogP contribution in [-0.4, -0.2) is 61.8 Å². The first kappa shape index (κ1) is 24.1. The molecule has 1 unspecified atom stereocenters. The number of morpholine rings is 1. The van der Waals surface area contributed by atoms with Gasteiger partial charge in [-0.2, -0.15) is 5.10 Å². The Bertz CT molecular complexity index is 901. The lowest BCUT2D eigenvalue weighted by atomic mass is 10.1. The summed E-state index contributed by atoms with van der Waals surface area (Å²) in [5.74, 6) is -0.193. The Labute approximate surface area is 197 Å². The topological polar surface area (TPSA) is 83.0 Å². The van der Waals surface area contributed by atoms with Crippen molar-refractivity contribution in [1.29, 1.82) is 0 Å². The molecule has 2 aromatic rings.